The van der Waals surface area contributed by atoms with Crippen molar-refractivity contribution in [3.63, 3.8) is 0 Å². The highest BCUT2D eigenvalue weighted by atomic mass is 35.5. The van der Waals surface area contributed by atoms with Crippen molar-refractivity contribution < 1.29 is 9.53 Å². The first-order chi connectivity index (χ1) is 27.6. The Morgan fingerprint density at radius 1 is 0.947 bits per heavy atom. The molecule has 2 aromatic carbocycles. The lowest BCUT2D eigenvalue weighted by atomic mass is 9.86. The number of nitriles is 1. The molecule has 57 heavy (non-hydrogen) atoms. The van der Waals surface area contributed by atoms with Crippen LogP contribution in [0.3, 0.4) is 0 Å². The average Bonchev–Trinajstić information content (AvgIpc) is 3.99. The van der Waals surface area contributed by atoms with Gasteiger partial charge in [-0.2, -0.15) is 5.26 Å². The van der Waals surface area contributed by atoms with Crippen LogP contribution in [-0.2, 0) is 0 Å². The van der Waals surface area contributed by atoms with Gasteiger partial charge in [-0.1, -0.05) is 23.7 Å². The largest absolute Gasteiger partial charge is 0.490 e. The maximum absolute atomic E-state index is 13.1. The van der Waals surface area contributed by atoms with Crippen LogP contribution >= 0.6 is 22.9 Å². The SMILES string of the molecule is Cc1sc2c(c1C)C(c1ccc(N3CCC4(CCN(c5ccc(C(=O)NC6CCC(Oc7ccc(C#N)c(Cl)c7)CC6)nn5)C4)C3)cc1)=N[C@@H](C)c1nnc(C)n1-2. The molecule has 0 radical (unpaired) electrons. The Morgan fingerprint density at radius 2 is 1.70 bits per heavy atom. The van der Waals surface area contributed by atoms with Crippen molar-refractivity contribution in [1.29, 1.82) is 5.26 Å². The van der Waals surface area contributed by atoms with E-state index in [9.17, 15) is 4.79 Å². The zero-order valence-corrected chi connectivity index (χ0v) is 34.2. The Morgan fingerprint density at radius 3 is 2.42 bits per heavy atom. The van der Waals surface area contributed by atoms with Crippen molar-refractivity contribution in [2.75, 3.05) is 36.0 Å². The van der Waals surface area contributed by atoms with E-state index in [-0.39, 0.29) is 29.5 Å². The molecule has 292 valence electrons. The molecule has 1 amide bonds. The summed E-state index contributed by atoms with van der Waals surface area (Å²) in [6.45, 7) is 12.3. The predicted octanol–water partition coefficient (Wildman–Crippen LogP) is 7.71. The summed E-state index contributed by atoms with van der Waals surface area (Å²) in [6, 6.07) is 19.8. The highest BCUT2D eigenvalue weighted by molar-refractivity contribution is 7.15. The van der Waals surface area contributed by atoms with E-state index in [1.165, 1.54) is 21.7 Å². The molecular weight excluding hydrogens is 756 g/mol. The summed E-state index contributed by atoms with van der Waals surface area (Å²) >= 11 is 7.96. The fraction of sp³-hybridized carbons (Fsp3) is 0.419. The van der Waals surface area contributed by atoms with E-state index in [0.717, 1.165) is 98.4 Å². The molecule has 5 aromatic rings. The van der Waals surface area contributed by atoms with E-state index in [1.807, 2.05) is 13.0 Å². The number of carbonyl (C=O) groups excluding carboxylic acids is 1. The van der Waals surface area contributed by atoms with Gasteiger partial charge in [0, 0.05) is 65.4 Å². The van der Waals surface area contributed by atoms with Crippen LogP contribution in [0.2, 0.25) is 5.02 Å². The van der Waals surface area contributed by atoms with Gasteiger partial charge in [-0.15, -0.1) is 31.7 Å². The number of aryl methyl sites for hydroxylation is 2. The molecule has 4 aliphatic rings. The quantitative estimate of drug-likeness (QED) is 0.176. The molecule has 3 aliphatic heterocycles. The van der Waals surface area contributed by atoms with Gasteiger partial charge in [0.2, 0.25) is 0 Å². The molecule has 1 N–H and O–H groups in total. The highest BCUT2D eigenvalue weighted by Crippen LogP contribution is 2.43. The molecule has 9 rings (SSSR count). The number of hydrogen-bond donors (Lipinski definition) is 1. The Bertz CT molecular complexity index is 2410. The second-order valence-electron chi connectivity index (χ2n) is 16.0. The van der Waals surface area contributed by atoms with E-state index in [2.05, 4.69) is 91.2 Å². The van der Waals surface area contributed by atoms with Crippen molar-refractivity contribution in [2.24, 2.45) is 10.4 Å². The second-order valence-corrected chi connectivity index (χ2v) is 17.7. The summed E-state index contributed by atoms with van der Waals surface area (Å²) in [7, 11) is 0. The number of nitrogens with one attached hydrogen (secondary N) is 1. The van der Waals surface area contributed by atoms with Crippen LogP contribution in [0.5, 0.6) is 5.75 Å². The summed E-state index contributed by atoms with van der Waals surface area (Å²) in [6.07, 6.45) is 5.47. The minimum atomic E-state index is -0.200. The van der Waals surface area contributed by atoms with Gasteiger partial charge in [0.05, 0.1) is 22.4 Å². The number of thiophene rings is 1. The highest BCUT2D eigenvalue weighted by Gasteiger charge is 2.44. The summed E-state index contributed by atoms with van der Waals surface area (Å²) in [5.74, 6) is 3.04. The lowest BCUT2D eigenvalue weighted by molar-refractivity contribution is 0.0888. The Kier molecular flexibility index (Phi) is 9.73. The summed E-state index contributed by atoms with van der Waals surface area (Å²) in [5.41, 5.74) is 6.74. The molecule has 1 saturated carbocycles. The smallest absolute Gasteiger partial charge is 0.272 e. The van der Waals surface area contributed by atoms with Gasteiger partial charge in [0.25, 0.3) is 5.91 Å². The number of halogens is 1. The summed E-state index contributed by atoms with van der Waals surface area (Å²) < 4.78 is 8.29. The first-order valence-electron chi connectivity index (χ1n) is 19.8. The van der Waals surface area contributed by atoms with Crippen molar-refractivity contribution in [1.82, 2.24) is 30.3 Å². The molecular formula is C43H45ClN10O2S. The number of hydrogen-bond acceptors (Lipinski definition) is 11. The number of ether oxygens (including phenoxy) is 1. The van der Waals surface area contributed by atoms with Gasteiger partial charge in [-0.3, -0.25) is 14.4 Å². The monoisotopic (exact) mass is 800 g/mol. The van der Waals surface area contributed by atoms with E-state index in [4.69, 9.17) is 26.6 Å². The third kappa shape index (κ3) is 7.03. The standard InChI is InChI=1S/C43H45ClN10O2S/c1-25-27(3)57-42-38(25)39(46-26(2)40-51-48-28(4)54(40)42)29-5-10-32(11-6-29)52-19-17-43(23-52)18-20-53(24-43)37-16-15-36(49-50-37)41(55)47-31-8-13-33(14-9-31)56-34-12-7-30(22-45)35(44)21-34/h5-7,10-12,15-16,21,26,31,33H,8-9,13-14,17-20,23-24H2,1-4H3,(H,47,55)/t26-,31?,33?,43?/m0/s1. The van der Waals surface area contributed by atoms with Crippen LogP contribution < -0.4 is 19.9 Å². The lowest BCUT2D eigenvalue weighted by Gasteiger charge is -2.29. The second kappa shape index (κ2) is 14.9. The molecule has 12 nitrogen and oxygen atoms in total. The van der Waals surface area contributed by atoms with Crippen LogP contribution in [0.15, 0.2) is 59.6 Å². The van der Waals surface area contributed by atoms with Crippen molar-refractivity contribution in [2.45, 2.75) is 84.4 Å². The molecule has 2 saturated heterocycles. The van der Waals surface area contributed by atoms with E-state index < -0.39 is 0 Å². The van der Waals surface area contributed by atoms with Gasteiger partial charge in [0.15, 0.2) is 17.3 Å². The third-order valence-electron chi connectivity index (χ3n) is 12.3. The van der Waals surface area contributed by atoms with Gasteiger partial charge < -0.3 is 19.9 Å². The van der Waals surface area contributed by atoms with Gasteiger partial charge in [-0.25, -0.2) is 0 Å². The van der Waals surface area contributed by atoms with E-state index in [1.54, 1.807) is 35.6 Å². The summed E-state index contributed by atoms with van der Waals surface area (Å²) in [5, 5.41) is 31.6. The number of rotatable bonds is 7. The van der Waals surface area contributed by atoms with Crippen molar-refractivity contribution in [3.05, 3.63) is 104 Å². The topological polar surface area (TPSA) is 137 Å². The molecule has 3 aromatic heterocycles. The maximum Gasteiger partial charge on any atom is 0.272 e. The summed E-state index contributed by atoms with van der Waals surface area (Å²) in [4.78, 5) is 24.5. The van der Waals surface area contributed by atoms with Crippen LogP contribution in [0.25, 0.3) is 5.00 Å². The molecule has 14 heteroatoms. The van der Waals surface area contributed by atoms with Crippen LogP contribution in [-0.4, -0.2) is 74.9 Å². The minimum absolute atomic E-state index is 0.0350. The molecule has 1 unspecified atom stereocenters. The Labute approximate surface area is 341 Å². The fourth-order valence-corrected chi connectivity index (χ4v) is 10.4. The Hall–Kier alpha value is -5.32. The number of carbonyl (C=O) groups is 1. The molecule has 3 fully saturated rings. The molecule has 1 spiro atoms. The lowest BCUT2D eigenvalue weighted by Crippen LogP contribution is -2.40. The first-order valence-corrected chi connectivity index (χ1v) is 21.0. The fourth-order valence-electron chi connectivity index (χ4n) is 8.98. The number of fused-ring (bicyclic) bond motifs is 3. The van der Waals surface area contributed by atoms with Gasteiger partial charge in [0.1, 0.15) is 28.7 Å². The molecule has 0 bridgehead atoms. The van der Waals surface area contributed by atoms with Crippen LogP contribution in [0.4, 0.5) is 11.5 Å². The zero-order valence-electron chi connectivity index (χ0n) is 32.6. The van der Waals surface area contributed by atoms with Crippen molar-refractivity contribution in [3.8, 4) is 16.8 Å². The van der Waals surface area contributed by atoms with E-state index in [0.29, 0.717) is 22.0 Å². The molecule has 1 aliphatic carbocycles. The minimum Gasteiger partial charge on any atom is -0.490 e. The third-order valence-corrected chi connectivity index (χ3v) is 13.8. The van der Waals surface area contributed by atoms with Crippen LogP contribution in [0.1, 0.15) is 101 Å². The number of aliphatic imine (C=N–C) groups is 1. The van der Waals surface area contributed by atoms with E-state index >= 15 is 0 Å². The predicted molar refractivity (Wildman–Crippen MR) is 222 cm³/mol. The van der Waals surface area contributed by atoms with Crippen molar-refractivity contribution >= 4 is 46.1 Å². The number of aromatic nitrogens is 5. The number of anilines is 2. The average molecular weight is 801 g/mol. The van der Waals surface area contributed by atoms with Gasteiger partial charge >= 0.3 is 0 Å². The first kappa shape index (κ1) is 37.3. The number of amides is 1. The number of benzene rings is 2. The van der Waals surface area contributed by atoms with Gasteiger partial charge in [-0.05, 0) is 108 Å². The zero-order chi connectivity index (χ0) is 39.4. The number of nitrogens with zero attached hydrogens (tertiary/aromatic N) is 9. The normalized spacial score (nSPS) is 22.8. The Balaban J connectivity index is 0.794. The molecule has 2 atom stereocenters. The van der Waals surface area contributed by atoms with Crippen LogP contribution in [0, 0.1) is 37.5 Å². The molecule has 6 heterocycles. The maximum atomic E-state index is 13.1.